The molecule has 24 heavy (non-hydrogen) atoms. The van der Waals surface area contributed by atoms with Gasteiger partial charge in [0.25, 0.3) is 0 Å². The van der Waals surface area contributed by atoms with Gasteiger partial charge < -0.3 is 4.74 Å². The van der Waals surface area contributed by atoms with Crippen molar-refractivity contribution in [2.45, 2.75) is 26.4 Å². The van der Waals surface area contributed by atoms with Gasteiger partial charge in [0.05, 0.1) is 11.0 Å². The van der Waals surface area contributed by atoms with Crippen LogP contribution in [0.1, 0.15) is 37.0 Å². The number of hydrogen-bond acceptors (Lipinski definition) is 4. The van der Waals surface area contributed by atoms with Crippen molar-refractivity contribution in [1.82, 2.24) is 9.55 Å². The highest BCUT2D eigenvalue weighted by molar-refractivity contribution is 6.10. The normalized spacial score (nSPS) is 11.5. The largest absolute Gasteiger partial charge is 0.443 e. The summed E-state index contributed by atoms with van der Waals surface area (Å²) in [7, 11) is 0. The maximum absolute atomic E-state index is 12.8. The monoisotopic (exact) mass is 322 g/mol. The van der Waals surface area contributed by atoms with Gasteiger partial charge in [-0.25, -0.2) is 14.3 Å². The third-order valence-electron chi connectivity index (χ3n) is 3.38. The lowest BCUT2D eigenvalue weighted by molar-refractivity contribution is 0.0535. The molecule has 0 atom stereocenters. The van der Waals surface area contributed by atoms with E-state index in [1.807, 2.05) is 12.1 Å². The van der Waals surface area contributed by atoms with Crippen LogP contribution in [0.25, 0.3) is 11.0 Å². The lowest BCUT2D eigenvalue weighted by atomic mass is 10.1. The highest BCUT2D eigenvalue weighted by atomic mass is 16.6. The van der Waals surface area contributed by atoms with Gasteiger partial charge in [-0.15, -0.1) is 0 Å². The van der Waals surface area contributed by atoms with Crippen LogP contribution in [-0.4, -0.2) is 27.0 Å². The first-order valence-electron chi connectivity index (χ1n) is 7.67. The number of carbonyl (C=O) groups is 2. The number of carbonyl (C=O) groups excluding carboxylic acids is 2. The molecule has 1 aromatic heterocycles. The smallest absolute Gasteiger partial charge is 0.420 e. The van der Waals surface area contributed by atoms with Crippen LogP contribution in [0.4, 0.5) is 4.79 Å². The molecule has 0 aliphatic heterocycles. The first kappa shape index (κ1) is 15.9. The van der Waals surface area contributed by atoms with Crippen molar-refractivity contribution in [2.24, 2.45) is 0 Å². The molecular formula is C19H18N2O3. The molecule has 5 nitrogen and oxygen atoms in total. The van der Waals surface area contributed by atoms with Crippen molar-refractivity contribution in [2.75, 3.05) is 0 Å². The third kappa shape index (κ3) is 3.06. The van der Waals surface area contributed by atoms with Gasteiger partial charge in [-0.2, -0.15) is 0 Å². The topological polar surface area (TPSA) is 61.2 Å². The zero-order valence-electron chi connectivity index (χ0n) is 13.8. The Morgan fingerprint density at radius 3 is 2.25 bits per heavy atom. The van der Waals surface area contributed by atoms with Crippen LogP contribution >= 0.6 is 0 Å². The summed E-state index contributed by atoms with van der Waals surface area (Å²) in [4.78, 5) is 29.8. The molecule has 2 aromatic carbocycles. The molecular weight excluding hydrogens is 304 g/mol. The molecule has 0 aliphatic rings. The Labute approximate surface area is 139 Å². The summed E-state index contributed by atoms with van der Waals surface area (Å²) in [6.45, 7) is 5.34. The Bertz CT molecular complexity index is 905. The average Bonchev–Trinajstić information content (AvgIpc) is 2.93. The summed E-state index contributed by atoms with van der Waals surface area (Å²) >= 11 is 0. The number of hydrogen-bond donors (Lipinski definition) is 0. The second kappa shape index (κ2) is 5.92. The fourth-order valence-electron chi connectivity index (χ4n) is 2.39. The summed E-state index contributed by atoms with van der Waals surface area (Å²) in [5, 5.41) is 0. The standard InChI is InChI=1S/C19H18N2O3/c1-19(2,3)24-18(23)21-15-12-8-7-11-14(15)20-17(21)16(22)13-9-5-4-6-10-13/h4-12H,1-3H3. The van der Waals surface area contributed by atoms with Crippen LogP contribution in [0.3, 0.4) is 0 Å². The molecule has 3 aromatic rings. The zero-order valence-corrected chi connectivity index (χ0v) is 13.8. The van der Waals surface area contributed by atoms with E-state index in [1.165, 1.54) is 4.57 Å². The van der Waals surface area contributed by atoms with Gasteiger partial charge in [0.15, 0.2) is 5.82 Å². The predicted molar refractivity (Wildman–Crippen MR) is 91.2 cm³/mol. The summed E-state index contributed by atoms with van der Waals surface area (Å²) in [6, 6.07) is 15.9. The maximum Gasteiger partial charge on any atom is 0.420 e. The number of fused-ring (bicyclic) bond motifs is 1. The Morgan fingerprint density at radius 1 is 0.958 bits per heavy atom. The van der Waals surface area contributed by atoms with Crippen molar-refractivity contribution in [3.05, 3.63) is 66.0 Å². The molecule has 0 radical (unpaired) electrons. The number of ketones is 1. The SMILES string of the molecule is CC(C)(C)OC(=O)n1c(C(=O)c2ccccc2)nc2ccccc21. The van der Waals surface area contributed by atoms with Gasteiger partial charge in [0.2, 0.25) is 5.78 Å². The number of aromatic nitrogens is 2. The first-order chi connectivity index (χ1) is 11.4. The molecule has 0 fully saturated rings. The molecule has 122 valence electrons. The van der Waals surface area contributed by atoms with Crippen LogP contribution in [0, 0.1) is 0 Å². The summed E-state index contributed by atoms with van der Waals surface area (Å²) in [6.07, 6.45) is -0.615. The number of ether oxygens (including phenoxy) is 1. The quantitative estimate of drug-likeness (QED) is 0.668. The van der Waals surface area contributed by atoms with Gasteiger partial charge in [-0.1, -0.05) is 42.5 Å². The fourth-order valence-corrected chi connectivity index (χ4v) is 2.39. The Hall–Kier alpha value is -2.95. The number of rotatable bonds is 2. The average molecular weight is 322 g/mol. The molecule has 0 N–H and O–H groups in total. The second-order valence-corrected chi connectivity index (χ2v) is 6.44. The van der Waals surface area contributed by atoms with Crippen molar-refractivity contribution in [3.63, 3.8) is 0 Å². The molecule has 0 bridgehead atoms. The van der Waals surface area contributed by atoms with Crippen molar-refractivity contribution in [1.29, 1.82) is 0 Å². The molecule has 0 amide bonds. The fraction of sp³-hybridized carbons (Fsp3) is 0.211. The van der Waals surface area contributed by atoms with Crippen LogP contribution in [0.5, 0.6) is 0 Å². The summed E-state index contributed by atoms with van der Waals surface area (Å²) in [5.41, 5.74) is 0.918. The molecule has 0 saturated heterocycles. The minimum Gasteiger partial charge on any atom is -0.443 e. The molecule has 3 rings (SSSR count). The summed E-state index contributed by atoms with van der Waals surface area (Å²) in [5.74, 6) is -0.269. The Morgan fingerprint density at radius 2 is 1.58 bits per heavy atom. The van der Waals surface area contributed by atoms with Gasteiger partial charge in [0.1, 0.15) is 5.60 Å². The predicted octanol–water partition coefficient (Wildman–Crippen LogP) is 4.05. The van der Waals surface area contributed by atoms with Crippen molar-refractivity contribution in [3.8, 4) is 0 Å². The summed E-state index contributed by atoms with van der Waals surface area (Å²) < 4.78 is 6.69. The first-order valence-corrected chi connectivity index (χ1v) is 7.67. The lowest BCUT2D eigenvalue weighted by Gasteiger charge is -2.20. The molecule has 5 heteroatoms. The van der Waals surface area contributed by atoms with E-state index in [4.69, 9.17) is 4.74 Å². The van der Waals surface area contributed by atoms with E-state index < -0.39 is 11.7 Å². The van der Waals surface area contributed by atoms with E-state index in [2.05, 4.69) is 4.98 Å². The lowest BCUT2D eigenvalue weighted by Crippen LogP contribution is -2.29. The van der Waals surface area contributed by atoms with Gasteiger partial charge in [-0.3, -0.25) is 4.79 Å². The molecule has 1 heterocycles. The minimum absolute atomic E-state index is 0.0525. The molecule has 0 saturated carbocycles. The van der Waals surface area contributed by atoms with Gasteiger partial charge >= 0.3 is 6.09 Å². The highest BCUT2D eigenvalue weighted by Crippen LogP contribution is 2.21. The number of benzene rings is 2. The highest BCUT2D eigenvalue weighted by Gasteiger charge is 2.26. The van der Waals surface area contributed by atoms with E-state index in [0.717, 1.165) is 0 Å². The molecule has 0 spiro atoms. The van der Waals surface area contributed by atoms with E-state index in [-0.39, 0.29) is 11.6 Å². The number of para-hydroxylation sites is 2. The van der Waals surface area contributed by atoms with Crippen molar-refractivity contribution < 1.29 is 14.3 Å². The van der Waals surface area contributed by atoms with E-state index in [1.54, 1.807) is 63.2 Å². The maximum atomic E-state index is 12.8. The van der Waals surface area contributed by atoms with Gasteiger partial charge in [0, 0.05) is 5.56 Å². The third-order valence-corrected chi connectivity index (χ3v) is 3.38. The minimum atomic E-state index is -0.671. The Balaban J connectivity index is 2.15. The van der Waals surface area contributed by atoms with E-state index in [0.29, 0.717) is 16.6 Å². The van der Waals surface area contributed by atoms with E-state index in [9.17, 15) is 9.59 Å². The number of imidazole rings is 1. The van der Waals surface area contributed by atoms with E-state index >= 15 is 0 Å². The van der Waals surface area contributed by atoms with Crippen LogP contribution in [0.2, 0.25) is 0 Å². The zero-order chi connectivity index (χ0) is 17.3. The van der Waals surface area contributed by atoms with Crippen molar-refractivity contribution >= 4 is 22.9 Å². The van der Waals surface area contributed by atoms with Crippen LogP contribution in [0.15, 0.2) is 54.6 Å². The molecule has 0 aliphatic carbocycles. The van der Waals surface area contributed by atoms with Crippen LogP contribution < -0.4 is 0 Å². The van der Waals surface area contributed by atoms with Crippen LogP contribution in [-0.2, 0) is 4.74 Å². The second-order valence-electron chi connectivity index (χ2n) is 6.44. The number of nitrogens with zero attached hydrogens (tertiary/aromatic N) is 2. The Kier molecular flexibility index (Phi) is 3.93. The van der Waals surface area contributed by atoms with Gasteiger partial charge in [-0.05, 0) is 32.9 Å². The molecule has 0 unspecified atom stereocenters.